The smallest absolute Gasteiger partial charge is 0.383 e. The van der Waals surface area contributed by atoms with Gasteiger partial charge in [0.05, 0.1) is 21.8 Å². The first-order chi connectivity index (χ1) is 15.5. The number of nitrogens with one attached hydrogen (secondary N) is 1. The number of nitrogens with two attached hydrogens (primary N) is 2. The molecule has 1 unspecified atom stereocenters. The van der Waals surface area contributed by atoms with E-state index in [1.165, 1.54) is 12.5 Å². The van der Waals surface area contributed by atoms with Crippen LogP contribution in [-0.2, 0) is 12.7 Å². The number of carbonyl (C=O) groups is 2. The third kappa shape index (κ3) is 5.61. The lowest BCUT2D eigenvalue weighted by Gasteiger charge is -2.11. The number of carbonyl (C=O) groups excluding carboxylic acids is 2. The summed E-state index contributed by atoms with van der Waals surface area (Å²) < 4.78 is 39.0. The first-order valence-electron chi connectivity index (χ1n) is 9.33. The van der Waals surface area contributed by atoms with E-state index in [1.54, 1.807) is 6.92 Å². The number of rotatable bonds is 7. The molecule has 3 heterocycles. The molecule has 0 aliphatic carbocycles. The van der Waals surface area contributed by atoms with Crippen LogP contribution in [0.3, 0.4) is 0 Å². The van der Waals surface area contributed by atoms with Crippen LogP contribution in [0.25, 0.3) is 0 Å². The van der Waals surface area contributed by atoms with Crippen molar-refractivity contribution in [1.82, 2.24) is 19.9 Å². The molecule has 1 amide bonds. The Hall–Kier alpha value is -3.16. The van der Waals surface area contributed by atoms with E-state index in [-0.39, 0.29) is 46.9 Å². The van der Waals surface area contributed by atoms with Crippen molar-refractivity contribution < 1.29 is 22.8 Å². The molecular weight excluding hydrogens is 483 g/mol. The zero-order chi connectivity index (χ0) is 24.3. The van der Waals surface area contributed by atoms with Crippen LogP contribution in [0.15, 0.2) is 24.8 Å². The predicted octanol–water partition coefficient (Wildman–Crippen LogP) is 3.67. The van der Waals surface area contributed by atoms with Crippen LogP contribution in [0.2, 0.25) is 5.02 Å². The number of nitrogens with zero attached hydrogens (tertiary/aromatic N) is 4. The maximum absolute atomic E-state index is 13.0. The minimum atomic E-state index is -4.70. The number of alkyl halides is 3. The molecule has 0 saturated heterocycles. The van der Waals surface area contributed by atoms with Crippen LogP contribution in [-0.4, -0.2) is 31.6 Å². The first kappa shape index (κ1) is 24.5. The molecule has 1 atom stereocenters. The zero-order valence-corrected chi connectivity index (χ0v) is 18.6. The fourth-order valence-corrected chi connectivity index (χ4v) is 3.93. The monoisotopic (exact) mass is 499 g/mol. The fraction of sp³-hybridized carbons (Fsp3) is 0.263. The summed E-state index contributed by atoms with van der Waals surface area (Å²) in [6, 6.07) is 0.645. The minimum absolute atomic E-state index is 0.00150. The van der Waals surface area contributed by atoms with Gasteiger partial charge in [-0.1, -0.05) is 18.5 Å². The van der Waals surface area contributed by atoms with E-state index in [0.29, 0.717) is 16.6 Å². The van der Waals surface area contributed by atoms with Gasteiger partial charge in [-0.2, -0.15) is 13.2 Å². The molecule has 0 bridgehead atoms. The Labute approximate surface area is 194 Å². The van der Waals surface area contributed by atoms with Gasteiger partial charge in [0.2, 0.25) is 0 Å². The molecule has 3 aromatic heterocycles. The summed E-state index contributed by atoms with van der Waals surface area (Å²) in [5.74, 6) is -1.58. The molecule has 0 aromatic carbocycles. The lowest BCUT2D eigenvalue weighted by molar-refractivity contribution is -0.137. The van der Waals surface area contributed by atoms with Gasteiger partial charge in [0.1, 0.15) is 28.5 Å². The minimum Gasteiger partial charge on any atom is -0.383 e. The SMILES string of the molecule is CC(CC(=O)c1ncnc(N)c1CN)c1ncc(C(=O)Nc2cc(C(F)(F)F)c(Cl)cn2)s1. The summed E-state index contributed by atoms with van der Waals surface area (Å²) in [6.07, 6.45) is -1.43. The second-order valence-corrected chi connectivity index (χ2v) is 8.35. The summed E-state index contributed by atoms with van der Waals surface area (Å²) >= 11 is 6.53. The van der Waals surface area contributed by atoms with Gasteiger partial charge < -0.3 is 16.8 Å². The predicted molar refractivity (Wildman–Crippen MR) is 116 cm³/mol. The molecule has 3 rings (SSSR count). The quantitative estimate of drug-likeness (QED) is 0.417. The Kier molecular flexibility index (Phi) is 7.25. The Balaban J connectivity index is 1.71. The maximum Gasteiger partial charge on any atom is 0.418 e. The van der Waals surface area contributed by atoms with E-state index in [4.69, 9.17) is 23.1 Å². The van der Waals surface area contributed by atoms with Crippen LogP contribution in [0.5, 0.6) is 0 Å². The topological polar surface area (TPSA) is 150 Å². The van der Waals surface area contributed by atoms with E-state index in [2.05, 4.69) is 25.3 Å². The number of hydrogen-bond donors (Lipinski definition) is 3. The molecule has 0 aliphatic heterocycles. The largest absolute Gasteiger partial charge is 0.418 e. The normalized spacial score (nSPS) is 12.4. The number of amides is 1. The second-order valence-electron chi connectivity index (χ2n) is 6.88. The zero-order valence-electron chi connectivity index (χ0n) is 17.0. The molecule has 14 heteroatoms. The maximum atomic E-state index is 13.0. The van der Waals surface area contributed by atoms with E-state index in [1.807, 2.05) is 0 Å². The average Bonchev–Trinajstić information content (AvgIpc) is 3.24. The average molecular weight is 500 g/mol. The van der Waals surface area contributed by atoms with Gasteiger partial charge in [-0.15, -0.1) is 11.3 Å². The molecule has 3 aromatic rings. The van der Waals surface area contributed by atoms with Gasteiger partial charge in [0.25, 0.3) is 5.91 Å². The summed E-state index contributed by atoms with van der Waals surface area (Å²) in [4.78, 5) is 40.9. The molecule has 0 spiro atoms. The van der Waals surface area contributed by atoms with Crippen LogP contribution >= 0.6 is 22.9 Å². The van der Waals surface area contributed by atoms with Crippen LogP contribution in [0.4, 0.5) is 24.8 Å². The van der Waals surface area contributed by atoms with Crippen molar-refractivity contribution in [2.75, 3.05) is 11.1 Å². The standard InChI is InChI=1S/C19H17ClF3N7O2S/c1-8(2-12(31)15-9(4-24)16(25)29-7-28-15)18-27-6-13(33-18)17(32)30-14-3-10(19(21,22)23)11(20)5-26-14/h3,5-8H,2,4,24H2,1H3,(H2,25,28,29)(H,26,30,32). The molecule has 0 aliphatic rings. The molecule has 174 valence electrons. The Morgan fingerprint density at radius 3 is 2.61 bits per heavy atom. The molecule has 5 N–H and O–H groups in total. The number of thiazole rings is 1. The number of Topliss-reactive ketones (excluding diaryl/α,β-unsaturated/α-hetero) is 1. The molecule has 0 saturated carbocycles. The number of nitrogen functional groups attached to an aromatic ring is 1. The number of anilines is 2. The molecule has 33 heavy (non-hydrogen) atoms. The molecule has 0 fully saturated rings. The van der Waals surface area contributed by atoms with Crippen molar-refractivity contribution in [3.8, 4) is 0 Å². The number of ketones is 1. The van der Waals surface area contributed by atoms with Crippen molar-refractivity contribution in [3.05, 3.63) is 56.5 Å². The fourth-order valence-electron chi connectivity index (χ4n) is 2.85. The molecular formula is C19H17ClF3N7O2S. The highest BCUT2D eigenvalue weighted by Gasteiger charge is 2.34. The highest BCUT2D eigenvalue weighted by atomic mass is 35.5. The van der Waals surface area contributed by atoms with Gasteiger partial charge in [0.15, 0.2) is 5.78 Å². The first-order valence-corrected chi connectivity index (χ1v) is 10.5. The van der Waals surface area contributed by atoms with Crippen molar-refractivity contribution in [1.29, 1.82) is 0 Å². The lowest BCUT2D eigenvalue weighted by Crippen LogP contribution is -2.15. The van der Waals surface area contributed by atoms with Crippen LogP contribution < -0.4 is 16.8 Å². The summed E-state index contributed by atoms with van der Waals surface area (Å²) in [5, 5.41) is 2.18. The number of hydrogen-bond acceptors (Lipinski definition) is 9. The van der Waals surface area contributed by atoms with Crippen LogP contribution in [0, 0.1) is 0 Å². The van der Waals surface area contributed by atoms with Gasteiger partial charge >= 0.3 is 6.18 Å². The Morgan fingerprint density at radius 1 is 1.21 bits per heavy atom. The van der Waals surface area contributed by atoms with E-state index in [9.17, 15) is 22.8 Å². The Bertz CT molecular complexity index is 1200. The van der Waals surface area contributed by atoms with Gasteiger partial charge in [0, 0.05) is 30.6 Å². The Morgan fingerprint density at radius 2 is 1.94 bits per heavy atom. The number of pyridine rings is 1. The summed E-state index contributed by atoms with van der Waals surface area (Å²) in [7, 11) is 0. The van der Waals surface area contributed by atoms with Gasteiger partial charge in [-0.25, -0.2) is 19.9 Å². The van der Waals surface area contributed by atoms with E-state index in [0.717, 1.165) is 17.5 Å². The summed E-state index contributed by atoms with van der Waals surface area (Å²) in [6.45, 7) is 1.74. The third-order valence-corrected chi connectivity index (χ3v) is 6.04. The second kappa shape index (κ2) is 9.77. The summed E-state index contributed by atoms with van der Waals surface area (Å²) in [5.41, 5.74) is 10.7. The lowest BCUT2D eigenvalue weighted by atomic mass is 10.0. The third-order valence-electron chi connectivity index (χ3n) is 4.51. The van der Waals surface area contributed by atoms with Crippen molar-refractivity contribution >= 4 is 46.3 Å². The number of halogens is 4. The van der Waals surface area contributed by atoms with Crippen molar-refractivity contribution in [3.63, 3.8) is 0 Å². The van der Waals surface area contributed by atoms with Crippen molar-refractivity contribution in [2.45, 2.75) is 32.0 Å². The van der Waals surface area contributed by atoms with E-state index < -0.39 is 22.7 Å². The number of aromatic nitrogens is 4. The molecule has 0 radical (unpaired) electrons. The highest BCUT2D eigenvalue weighted by molar-refractivity contribution is 7.13. The molecule has 9 nitrogen and oxygen atoms in total. The van der Waals surface area contributed by atoms with E-state index >= 15 is 0 Å². The van der Waals surface area contributed by atoms with Crippen LogP contribution in [0.1, 0.15) is 55.6 Å². The highest BCUT2D eigenvalue weighted by Crippen LogP contribution is 2.35. The van der Waals surface area contributed by atoms with Crippen molar-refractivity contribution in [2.24, 2.45) is 5.73 Å². The van der Waals surface area contributed by atoms with Gasteiger partial charge in [-0.3, -0.25) is 9.59 Å². The van der Waals surface area contributed by atoms with Gasteiger partial charge in [-0.05, 0) is 6.07 Å².